The van der Waals surface area contributed by atoms with Crippen LogP contribution in [0.2, 0.25) is 10.0 Å². The number of methoxy groups -OCH3 is 1. The minimum Gasteiger partial charge on any atom is -0.452 e. The molecule has 36 heavy (non-hydrogen) atoms. The predicted octanol–water partition coefficient (Wildman–Crippen LogP) is 5.82. The van der Waals surface area contributed by atoms with Crippen molar-refractivity contribution >= 4 is 46.9 Å². The minimum atomic E-state index is -4.85. The summed E-state index contributed by atoms with van der Waals surface area (Å²) < 4.78 is 47.1. The van der Waals surface area contributed by atoms with Gasteiger partial charge in [0.15, 0.2) is 0 Å². The molecule has 1 atom stereocenters. The fourth-order valence-corrected chi connectivity index (χ4v) is 4.17. The van der Waals surface area contributed by atoms with Crippen LogP contribution in [0.1, 0.15) is 40.4 Å². The highest BCUT2D eigenvalue weighted by Gasteiger charge is 2.62. The van der Waals surface area contributed by atoms with Gasteiger partial charge in [0, 0.05) is 34.1 Å². The molecule has 1 heterocycles. The molecule has 0 spiro atoms. The van der Waals surface area contributed by atoms with Crippen LogP contribution in [0.3, 0.4) is 0 Å². The third-order valence-corrected chi connectivity index (χ3v) is 5.93. The Labute approximate surface area is 213 Å². The lowest BCUT2D eigenvalue weighted by molar-refractivity contribution is -0.275. The topological polar surface area (TPSA) is 97.3 Å². The number of alkyl halides is 3. The van der Waals surface area contributed by atoms with Gasteiger partial charge in [0.25, 0.3) is 11.5 Å². The molecule has 3 rings (SSSR count). The number of oxime groups is 1. The number of hydrogen-bond acceptors (Lipinski definition) is 6. The first kappa shape index (κ1) is 27.3. The van der Waals surface area contributed by atoms with E-state index in [4.69, 9.17) is 28.0 Å². The summed E-state index contributed by atoms with van der Waals surface area (Å²) in [6, 6.07) is 6.69. The van der Waals surface area contributed by atoms with Crippen LogP contribution >= 0.6 is 23.2 Å². The van der Waals surface area contributed by atoms with Crippen molar-refractivity contribution < 1.29 is 37.1 Å². The van der Waals surface area contributed by atoms with Crippen molar-refractivity contribution in [3.63, 3.8) is 0 Å². The number of ether oxygens (including phenoxy) is 1. The predicted molar refractivity (Wildman–Crippen MR) is 125 cm³/mol. The van der Waals surface area contributed by atoms with Gasteiger partial charge in [0.2, 0.25) is 0 Å². The smallest absolute Gasteiger partial charge is 0.435 e. The van der Waals surface area contributed by atoms with E-state index in [1.165, 1.54) is 38.1 Å². The number of imide groups is 2. The summed E-state index contributed by atoms with van der Waals surface area (Å²) in [5.41, 5.74) is -2.43. The van der Waals surface area contributed by atoms with Crippen molar-refractivity contribution in [2.45, 2.75) is 32.0 Å². The molecular weight excluding hydrogens is 526 g/mol. The molecular formula is C23H20Cl2F3N3O5. The number of hydrogen-bond donors (Lipinski definition) is 1. The van der Waals surface area contributed by atoms with E-state index in [9.17, 15) is 27.6 Å². The SMILES string of the molecule is CCN(C(=O)NC(=O)c1ccc(C2=NOC(c3cc(Cl)cc(Cl)c3)(C(F)(F)F)C2)cc1C)C(=O)OC. The van der Waals surface area contributed by atoms with Crippen molar-refractivity contribution in [2.75, 3.05) is 13.7 Å². The number of carbonyl (C=O) groups excluding carboxylic acids is 3. The fraction of sp³-hybridized carbons (Fsp3) is 0.304. The van der Waals surface area contributed by atoms with E-state index in [1.54, 1.807) is 0 Å². The molecule has 2 aromatic carbocycles. The Morgan fingerprint density at radius 1 is 1.17 bits per heavy atom. The van der Waals surface area contributed by atoms with Crippen LogP contribution in [0.5, 0.6) is 0 Å². The van der Waals surface area contributed by atoms with E-state index in [0.717, 1.165) is 19.2 Å². The molecule has 1 aliphatic rings. The first-order valence-corrected chi connectivity index (χ1v) is 11.2. The standard InChI is InChI=1S/C23H20Cl2F3N3O5/c1-4-31(21(34)35-3)20(33)29-19(32)17-6-5-13(7-12(17)2)18-11-22(36-30-18,23(26,27)28)14-8-15(24)10-16(25)9-14/h5-10H,4,11H2,1-3H3,(H,29,32,33). The lowest BCUT2D eigenvalue weighted by Crippen LogP contribution is -2.46. The Morgan fingerprint density at radius 2 is 1.81 bits per heavy atom. The largest absolute Gasteiger partial charge is 0.452 e. The Morgan fingerprint density at radius 3 is 2.33 bits per heavy atom. The van der Waals surface area contributed by atoms with Crippen molar-refractivity contribution in [1.29, 1.82) is 0 Å². The fourth-order valence-electron chi connectivity index (χ4n) is 3.64. The number of nitrogens with zero attached hydrogens (tertiary/aromatic N) is 2. The molecule has 8 nitrogen and oxygen atoms in total. The summed E-state index contributed by atoms with van der Waals surface area (Å²) in [6.07, 6.45) is -6.46. The molecule has 13 heteroatoms. The maximum Gasteiger partial charge on any atom is 0.435 e. The van der Waals surface area contributed by atoms with Gasteiger partial charge in [0.1, 0.15) is 0 Å². The van der Waals surface area contributed by atoms with E-state index in [1.807, 2.05) is 0 Å². The van der Waals surface area contributed by atoms with Crippen molar-refractivity contribution in [3.8, 4) is 0 Å². The number of carbonyl (C=O) groups is 3. The molecule has 1 aliphatic heterocycles. The van der Waals surface area contributed by atoms with Gasteiger partial charge in [-0.3, -0.25) is 10.1 Å². The van der Waals surface area contributed by atoms with Gasteiger partial charge in [-0.15, -0.1) is 0 Å². The Hall–Kier alpha value is -3.31. The second kappa shape index (κ2) is 10.4. The van der Waals surface area contributed by atoms with Crippen LogP contribution in [0, 0.1) is 6.92 Å². The minimum absolute atomic E-state index is 0.00719. The number of rotatable bonds is 4. The zero-order valence-corrected chi connectivity index (χ0v) is 20.7. The van der Waals surface area contributed by atoms with Crippen LogP contribution in [0.4, 0.5) is 22.8 Å². The number of halogens is 5. The van der Waals surface area contributed by atoms with Crippen molar-refractivity contribution in [2.24, 2.45) is 5.16 Å². The van der Waals surface area contributed by atoms with Crippen molar-refractivity contribution in [1.82, 2.24) is 10.2 Å². The van der Waals surface area contributed by atoms with E-state index < -0.39 is 36.2 Å². The van der Waals surface area contributed by atoms with Gasteiger partial charge in [-0.05, 0) is 55.3 Å². The number of amides is 4. The quantitative estimate of drug-likeness (QED) is 0.521. The zero-order valence-electron chi connectivity index (χ0n) is 19.2. The number of nitrogens with one attached hydrogen (secondary N) is 1. The summed E-state index contributed by atoms with van der Waals surface area (Å²) in [5, 5.41) is 5.78. The van der Waals surface area contributed by atoms with Gasteiger partial charge < -0.3 is 9.57 Å². The zero-order chi connectivity index (χ0) is 26.8. The molecule has 0 aromatic heterocycles. The third kappa shape index (κ3) is 5.26. The maximum atomic E-state index is 14.2. The molecule has 2 aromatic rings. The Kier molecular flexibility index (Phi) is 7.85. The third-order valence-electron chi connectivity index (χ3n) is 5.50. The molecule has 0 saturated carbocycles. The second-order valence-electron chi connectivity index (χ2n) is 7.79. The molecule has 0 radical (unpaired) electrons. The highest BCUT2D eigenvalue weighted by atomic mass is 35.5. The van der Waals surface area contributed by atoms with Crippen LogP contribution in [0.15, 0.2) is 41.6 Å². The summed E-state index contributed by atoms with van der Waals surface area (Å²) in [4.78, 5) is 42.1. The average Bonchev–Trinajstić information content (AvgIpc) is 3.25. The lowest BCUT2D eigenvalue weighted by Gasteiger charge is -2.29. The highest BCUT2D eigenvalue weighted by Crippen LogP contribution is 2.49. The highest BCUT2D eigenvalue weighted by molar-refractivity contribution is 6.34. The van der Waals surface area contributed by atoms with Gasteiger partial charge in [0.05, 0.1) is 12.8 Å². The van der Waals surface area contributed by atoms with Gasteiger partial charge in [-0.25, -0.2) is 14.5 Å². The van der Waals surface area contributed by atoms with Crippen LogP contribution in [-0.4, -0.2) is 48.5 Å². The van der Waals surface area contributed by atoms with Crippen LogP contribution in [-0.2, 0) is 15.2 Å². The molecule has 1 N–H and O–H groups in total. The normalized spacial score (nSPS) is 17.2. The number of aryl methyl sites for hydroxylation is 1. The monoisotopic (exact) mass is 545 g/mol. The number of benzene rings is 2. The summed E-state index contributed by atoms with van der Waals surface area (Å²) in [7, 11) is 1.09. The van der Waals surface area contributed by atoms with Gasteiger partial charge in [-0.1, -0.05) is 34.4 Å². The maximum absolute atomic E-state index is 14.2. The molecule has 0 fully saturated rings. The Bertz CT molecular complexity index is 1230. The van der Waals surface area contributed by atoms with Gasteiger partial charge in [-0.2, -0.15) is 13.2 Å². The second-order valence-corrected chi connectivity index (χ2v) is 8.67. The number of urea groups is 1. The van der Waals surface area contributed by atoms with E-state index >= 15 is 0 Å². The summed E-state index contributed by atoms with van der Waals surface area (Å²) in [5.74, 6) is -0.811. The van der Waals surface area contributed by atoms with E-state index in [0.29, 0.717) is 10.5 Å². The first-order valence-electron chi connectivity index (χ1n) is 10.4. The van der Waals surface area contributed by atoms with Crippen LogP contribution < -0.4 is 5.32 Å². The van der Waals surface area contributed by atoms with Crippen LogP contribution in [0.25, 0.3) is 0 Å². The summed E-state index contributed by atoms with van der Waals surface area (Å²) in [6.45, 7) is 3.01. The molecule has 192 valence electrons. The first-order chi connectivity index (χ1) is 16.8. The average molecular weight is 546 g/mol. The molecule has 0 aliphatic carbocycles. The van der Waals surface area contributed by atoms with E-state index in [-0.39, 0.29) is 39.0 Å². The van der Waals surface area contributed by atoms with Crippen molar-refractivity contribution in [3.05, 3.63) is 68.7 Å². The van der Waals surface area contributed by atoms with Gasteiger partial charge >= 0.3 is 18.3 Å². The molecule has 0 saturated heterocycles. The molecule has 4 amide bonds. The Balaban J connectivity index is 1.85. The molecule has 1 unspecified atom stereocenters. The summed E-state index contributed by atoms with van der Waals surface area (Å²) >= 11 is 11.8. The lowest BCUT2D eigenvalue weighted by atomic mass is 9.86. The van der Waals surface area contributed by atoms with E-state index in [2.05, 4.69) is 15.2 Å². The molecule has 0 bridgehead atoms.